The molecule has 0 N–H and O–H groups in total. The summed E-state index contributed by atoms with van der Waals surface area (Å²) >= 11 is 0. The molecule has 2 fully saturated rings. The lowest BCUT2D eigenvalue weighted by atomic mass is 9.82. The van der Waals surface area contributed by atoms with Crippen molar-refractivity contribution in [2.75, 3.05) is 33.4 Å². The first-order valence-electron chi connectivity index (χ1n) is 7.05. The Hall–Kier alpha value is -0.590. The Morgan fingerprint density at radius 2 is 2.06 bits per heavy atom. The van der Waals surface area contributed by atoms with Crippen molar-refractivity contribution < 1.29 is 9.22 Å². The molecule has 0 spiro atoms. The molecule has 0 unspecified atom stereocenters. The minimum absolute atomic E-state index is 0.531. The predicted octanol–water partition coefficient (Wildman–Crippen LogP) is 2.33. The molecule has 2 aliphatic heterocycles. The van der Waals surface area contributed by atoms with E-state index in [9.17, 15) is 0 Å². The number of hydrogen-bond acceptors (Lipinski definition) is 2. The van der Waals surface area contributed by atoms with E-state index in [0.717, 1.165) is 18.6 Å². The number of hydrogen-bond donors (Lipinski definition) is 0. The molecule has 2 heterocycles. The first-order valence-corrected chi connectivity index (χ1v) is 7.05. The zero-order valence-corrected chi connectivity index (χ0v) is 11.0. The van der Waals surface area contributed by atoms with Gasteiger partial charge in [-0.2, -0.15) is 5.26 Å². The van der Waals surface area contributed by atoms with Gasteiger partial charge in [-0.15, -0.1) is 0 Å². The molecule has 0 aromatic rings. The summed E-state index contributed by atoms with van der Waals surface area (Å²) in [4.78, 5) is 0. The average Bonchev–Trinajstić information content (AvgIpc) is 2.34. The molecule has 2 aliphatic rings. The highest BCUT2D eigenvalue weighted by Crippen LogP contribution is 2.35. The van der Waals surface area contributed by atoms with E-state index in [1.54, 1.807) is 0 Å². The van der Waals surface area contributed by atoms with Gasteiger partial charge in [-0.1, -0.05) is 0 Å². The minimum atomic E-state index is 0.531. The zero-order valence-electron chi connectivity index (χ0n) is 11.0. The minimum Gasteiger partial charge on any atom is -0.380 e. The summed E-state index contributed by atoms with van der Waals surface area (Å²) in [5.41, 5.74) is 0. The van der Waals surface area contributed by atoms with Crippen LogP contribution in [0, 0.1) is 17.2 Å². The summed E-state index contributed by atoms with van der Waals surface area (Å²) in [6.45, 7) is 4.21. The van der Waals surface area contributed by atoms with Gasteiger partial charge in [-0.05, 0) is 25.7 Å². The van der Waals surface area contributed by atoms with Crippen LogP contribution in [0.15, 0.2) is 0 Å². The summed E-state index contributed by atoms with van der Waals surface area (Å²) in [5, 5.41) is 8.50. The number of nitriles is 1. The van der Waals surface area contributed by atoms with Gasteiger partial charge in [0.2, 0.25) is 0 Å². The third-order valence-corrected chi connectivity index (χ3v) is 4.70. The largest absolute Gasteiger partial charge is 0.380 e. The Morgan fingerprint density at radius 1 is 1.24 bits per heavy atom. The molecule has 0 saturated carbocycles. The van der Waals surface area contributed by atoms with Crippen molar-refractivity contribution in [2.45, 2.75) is 44.6 Å². The second-order valence-corrected chi connectivity index (χ2v) is 5.88. The average molecular weight is 237 g/mol. The van der Waals surface area contributed by atoms with E-state index in [2.05, 4.69) is 13.1 Å². The van der Waals surface area contributed by atoms with Gasteiger partial charge in [0, 0.05) is 12.3 Å². The fourth-order valence-electron chi connectivity index (χ4n) is 3.78. The molecule has 0 radical (unpaired) electrons. The SMILES string of the molecule is C[N@+]12CCCC[C@@H]1[C@@H](COCCC#N)CCC2. The maximum Gasteiger partial charge on any atom is 0.0939 e. The Morgan fingerprint density at radius 3 is 2.88 bits per heavy atom. The van der Waals surface area contributed by atoms with Crippen molar-refractivity contribution in [1.29, 1.82) is 5.26 Å². The molecule has 0 bridgehead atoms. The standard InChI is InChI=1S/C14H25N2O/c1-16-9-3-2-7-14(16)13(6-4-10-16)12-17-11-5-8-15/h13-14H,2-7,9-12H2,1H3/q+1/t13-,14-,16-/m1/s1. The Balaban J connectivity index is 1.86. The van der Waals surface area contributed by atoms with E-state index in [1.807, 2.05) is 0 Å². The number of ether oxygens (including phenoxy) is 1. The highest BCUT2D eigenvalue weighted by atomic mass is 16.5. The Labute approximate surface area is 105 Å². The fourth-order valence-corrected chi connectivity index (χ4v) is 3.78. The Kier molecular flexibility index (Phi) is 4.42. The lowest BCUT2D eigenvalue weighted by Gasteiger charge is -2.51. The quantitative estimate of drug-likeness (QED) is 0.555. The topological polar surface area (TPSA) is 33.0 Å². The first kappa shape index (κ1) is 12.9. The second kappa shape index (κ2) is 5.84. The molecular formula is C14H25N2O+. The van der Waals surface area contributed by atoms with Crippen LogP contribution in [0.2, 0.25) is 0 Å². The monoisotopic (exact) mass is 237 g/mol. The molecule has 0 amide bonds. The molecule has 2 rings (SSSR count). The van der Waals surface area contributed by atoms with Gasteiger partial charge in [0.1, 0.15) is 0 Å². The van der Waals surface area contributed by atoms with Crippen LogP contribution in [0.1, 0.15) is 38.5 Å². The fraction of sp³-hybridized carbons (Fsp3) is 0.929. The smallest absolute Gasteiger partial charge is 0.0939 e. The summed E-state index contributed by atoms with van der Waals surface area (Å²) < 4.78 is 6.96. The van der Waals surface area contributed by atoms with Gasteiger partial charge >= 0.3 is 0 Å². The highest BCUT2D eigenvalue weighted by molar-refractivity contribution is 4.79. The van der Waals surface area contributed by atoms with Crippen molar-refractivity contribution in [3.63, 3.8) is 0 Å². The molecule has 0 aliphatic carbocycles. The van der Waals surface area contributed by atoms with Gasteiger partial charge in [0.05, 0.1) is 51.9 Å². The van der Waals surface area contributed by atoms with E-state index in [-0.39, 0.29) is 0 Å². The van der Waals surface area contributed by atoms with Crippen LogP contribution in [0.4, 0.5) is 0 Å². The predicted molar refractivity (Wildman–Crippen MR) is 67.3 cm³/mol. The summed E-state index contributed by atoms with van der Waals surface area (Å²) in [6.07, 6.45) is 7.37. The molecule has 3 atom stereocenters. The number of piperidine rings is 2. The van der Waals surface area contributed by atoms with Gasteiger partial charge in [-0.25, -0.2) is 0 Å². The normalized spacial score (nSPS) is 37.2. The highest BCUT2D eigenvalue weighted by Gasteiger charge is 2.43. The lowest BCUT2D eigenvalue weighted by Crippen LogP contribution is -2.61. The molecular weight excluding hydrogens is 212 g/mol. The summed E-state index contributed by atoms with van der Waals surface area (Å²) in [5.74, 6) is 0.729. The molecule has 96 valence electrons. The third kappa shape index (κ3) is 3.00. The van der Waals surface area contributed by atoms with Crippen LogP contribution in [-0.4, -0.2) is 43.9 Å². The van der Waals surface area contributed by atoms with Crippen molar-refractivity contribution in [2.24, 2.45) is 5.92 Å². The molecule has 2 saturated heterocycles. The maximum absolute atomic E-state index is 8.50. The number of nitrogens with zero attached hydrogens (tertiary/aromatic N) is 2. The van der Waals surface area contributed by atoms with E-state index < -0.39 is 0 Å². The van der Waals surface area contributed by atoms with Crippen molar-refractivity contribution >= 4 is 0 Å². The van der Waals surface area contributed by atoms with E-state index in [4.69, 9.17) is 10.00 Å². The van der Waals surface area contributed by atoms with Crippen LogP contribution < -0.4 is 0 Å². The lowest BCUT2D eigenvalue weighted by molar-refractivity contribution is -0.947. The van der Waals surface area contributed by atoms with Gasteiger partial charge in [0.15, 0.2) is 0 Å². The maximum atomic E-state index is 8.50. The molecule has 3 heteroatoms. The van der Waals surface area contributed by atoms with E-state index in [0.29, 0.717) is 13.0 Å². The third-order valence-electron chi connectivity index (χ3n) is 4.70. The van der Waals surface area contributed by atoms with Crippen molar-refractivity contribution in [3.05, 3.63) is 0 Å². The van der Waals surface area contributed by atoms with Crippen LogP contribution >= 0.6 is 0 Å². The number of quaternary nitrogens is 1. The zero-order chi connectivity index (χ0) is 12.1. The first-order chi connectivity index (χ1) is 8.26. The molecule has 0 aromatic heterocycles. The summed E-state index contributed by atoms with van der Waals surface area (Å²) in [7, 11) is 2.44. The molecule has 17 heavy (non-hydrogen) atoms. The van der Waals surface area contributed by atoms with Crippen molar-refractivity contribution in [1.82, 2.24) is 0 Å². The van der Waals surface area contributed by atoms with Gasteiger partial charge in [-0.3, -0.25) is 0 Å². The number of fused-ring (bicyclic) bond motifs is 1. The molecule has 0 aromatic carbocycles. The van der Waals surface area contributed by atoms with Crippen molar-refractivity contribution in [3.8, 4) is 6.07 Å². The van der Waals surface area contributed by atoms with E-state index in [1.165, 1.54) is 49.7 Å². The van der Waals surface area contributed by atoms with Crippen LogP contribution in [0.25, 0.3) is 0 Å². The van der Waals surface area contributed by atoms with Gasteiger partial charge in [0.25, 0.3) is 0 Å². The summed E-state index contributed by atoms with van der Waals surface area (Å²) in [6, 6.07) is 2.96. The van der Waals surface area contributed by atoms with Crippen LogP contribution in [0.5, 0.6) is 0 Å². The van der Waals surface area contributed by atoms with Gasteiger partial charge < -0.3 is 9.22 Å². The number of rotatable bonds is 4. The van der Waals surface area contributed by atoms with E-state index >= 15 is 0 Å². The van der Waals surface area contributed by atoms with Crippen LogP contribution in [0.3, 0.4) is 0 Å². The Bertz CT molecular complexity index is 282. The second-order valence-electron chi connectivity index (χ2n) is 5.88. The molecule has 3 nitrogen and oxygen atoms in total. The van der Waals surface area contributed by atoms with Crippen LogP contribution in [-0.2, 0) is 4.74 Å².